The van der Waals surface area contributed by atoms with Crippen LogP contribution < -0.4 is 5.32 Å². The number of hydrogen-bond donors (Lipinski definition) is 2. The van der Waals surface area contributed by atoms with E-state index in [0.717, 1.165) is 11.3 Å². The number of hydrogen-bond acceptors (Lipinski definition) is 3. The van der Waals surface area contributed by atoms with Gasteiger partial charge in [0.1, 0.15) is 5.60 Å². The minimum atomic E-state index is -1.12. The Balaban J connectivity index is 2.12. The third-order valence-corrected chi connectivity index (χ3v) is 3.89. The highest BCUT2D eigenvalue weighted by atomic mass is 16.3. The summed E-state index contributed by atoms with van der Waals surface area (Å²) in [7, 11) is 0. The molecule has 1 heterocycles. The van der Waals surface area contributed by atoms with Gasteiger partial charge in [-0.05, 0) is 25.3 Å². The molecular formula is C18H25N3O2. The fourth-order valence-corrected chi connectivity index (χ4v) is 2.45. The maximum atomic E-state index is 12.5. The molecule has 0 spiro atoms. The number of benzene rings is 1. The predicted molar refractivity (Wildman–Crippen MR) is 90.3 cm³/mol. The lowest BCUT2D eigenvalue weighted by atomic mass is 9.96. The monoisotopic (exact) mass is 315 g/mol. The Bertz CT molecular complexity index is 660. The maximum Gasteiger partial charge on any atom is 0.254 e. The number of carbonyl (C=O) groups is 1. The lowest BCUT2D eigenvalue weighted by Crippen LogP contribution is -2.38. The summed E-state index contributed by atoms with van der Waals surface area (Å²) in [6, 6.07) is 9.33. The summed E-state index contributed by atoms with van der Waals surface area (Å²) < 4.78 is 1.76. The summed E-state index contributed by atoms with van der Waals surface area (Å²) in [6.07, 6.45) is 1.77. The zero-order valence-electron chi connectivity index (χ0n) is 14.2. The van der Waals surface area contributed by atoms with Gasteiger partial charge in [0, 0.05) is 12.7 Å². The predicted octanol–water partition coefficient (Wildman–Crippen LogP) is 2.66. The van der Waals surface area contributed by atoms with E-state index < -0.39 is 5.60 Å². The van der Waals surface area contributed by atoms with Crippen LogP contribution >= 0.6 is 0 Å². The van der Waals surface area contributed by atoms with Crippen LogP contribution in [0.1, 0.15) is 55.2 Å². The molecule has 2 rings (SSSR count). The molecule has 0 saturated carbocycles. The van der Waals surface area contributed by atoms with Crippen molar-refractivity contribution >= 4 is 5.91 Å². The molecule has 2 N–H and O–H groups in total. The zero-order valence-corrected chi connectivity index (χ0v) is 14.2. The third-order valence-electron chi connectivity index (χ3n) is 3.89. The van der Waals surface area contributed by atoms with Crippen molar-refractivity contribution in [1.29, 1.82) is 0 Å². The Labute approximate surface area is 137 Å². The zero-order chi connectivity index (χ0) is 17.0. The van der Waals surface area contributed by atoms with Crippen LogP contribution in [0.25, 0.3) is 0 Å². The molecule has 0 fully saturated rings. The molecule has 5 nitrogen and oxygen atoms in total. The lowest BCUT2D eigenvalue weighted by Gasteiger charge is -2.24. The van der Waals surface area contributed by atoms with Crippen molar-refractivity contribution in [2.24, 2.45) is 0 Å². The van der Waals surface area contributed by atoms with Gasteiger partial charge in [0.05, 0.1) is 17.8 Å². The number of aryl methyl sites for hydroxylation is 1. The number of amides is 1. The Kier molecular flexibility index (Phi) is 5.21. The molecule has 1 amide bonds. The fraction of sp³-hybridized carbons (Fsp3) is 0.444. The van der Waals surface area contributed by atoms with E-state index in [1.807, 2.05) is 51.1 Å². The summed E-state index contributed by atoms with van der Waals surface area (Å²) in [6.45, 7) is 8.57. The number of nitrogens with zero attached hydrogens (tertiary/aromatic N) is 2. The molecule has 0 saturated heterocycles. The molecule has 0 aliphatic carbocycles. The van der Waals surface area contributed by atoms with Gasteiger partial charge >= 0.3 is 0 Å². The van der Waals surface area contributed by atoms with Crippen molar-refractivity contribution in [2.75, 3.05) is 6.54 Å². The summed E-state index contributed by atoms with van der Waals surface area (Å²) >= 11 is 0. The summed E-state index contributed by atoms with van der Waals surface area (Å²) in [4.78, 5) is 12.5. The first-order valence-corrected chi connectivity index (χ1v) is 7.98. The summed E-state index contributed by atoms with van der Waals surface area (Å²) in [5.74, 6) is -0.0391. The Hall–Kier alpha value is -2.14. The van der Waals surface area contributed by atoms with E-state index in [9.17, 15) is 9.90 Å². The van der Waals surface area contributed by atoms with Crippen LogP contribution in [-0.4, -0.2) is 27.3 Å². The van der Waals surface area contributed by atoms with E-state index in [-0.39, 0.29) is 18.4 Å². The Morgan fingerprint density at radius 3 is 2.57 bits per heavy atom. The molecule has 0 aliphatic heterocycles. The summed E-state index contributed by atoms with van der Waals surface area (Å²) in [5, 5.41) is 17.8. The molecule has 124 valence electrons. The molecule has 5 heteroatoms. The number of rotatable bonds is 6. The number of nitrogens with one attached hydrogen (secondary N) is 1. The number of aliphatic hydroxyl groups is 1. The molecule has 0 aliphatic rings. The van der Waals surface area contributed by atoms with E-state index in [1.165, 1.54) is 0 Å². The van der Waals surface area contributed by atoms with Crippen LogP contribution in [0.15, 0.2) is 36.5 Å². The highest BCUT2D eigenvalue weighted by Crippen LogP contribution is 2.21. The first kappa shape index (κ1) is 17.2. The van der Waals surface area contributed by atoms with Gasteiger partial charge < -0.3 is 10.4 Å². The molecular weight excluding hydrogens is 290 g/mol. The number of carbonyl (C=O) groups excluding carboxylic acids is 1. The minimum absolute atomic E-state index is 0.144. The highest BCUT2D eigenvalue weighted by molar-refractivity contribution is 5.95. The highest BCUT2D eigenvalue weighted by Gasteiger charge is 2.25. The van der Waals surface area contributed by atoms with Crippen molar-refractivity contribution in [3.63, 3.8) is 0 Å². The van der Waals surface area contributed by atoms with Crippen molar-refractivity contribution in [3.8, 4) is 0 Å². The number of aromatic nitrogens is 2. The molecule has 0 unspecified atom stereocenters. The van der Waals surface area contributed by atoms with E-state index in [4.69, 9.17) is 0 Å². The quantitative estimate of drug-likeness (QED) is 0.861. The molecule has 2 aromatic rings. The van der Waals surface area contributed by atoms with Crippen LogP contribution in [0.3, 0.4) is 0 Å². The van der Waals surface area contributed by atoms with Gasteiger partial charge in [0.25, 0.3) is 5.91 Å². The van der Waals surface area contributed by atoms with Crippen LogP contribution in [0.2, 0.25) is 0 Å². The van der Waals surface area contributed by atoms with Crippen molar-refractivity contribution in [2.45, 2.75) is 45.8 Å². The van der Waals surface area contributed by atoms with Crippen molar-refractivity contribution in [1.82, 2.24) is 15.1 Å². The first-order valence-electron chi connectivity index (χ1n) is 7.98. The van der Waals surface area contributed by atoms with E-state index in [0.29, 0.717) is 12.1 Å². The summed E-state index contributed by atoms with van der Waals surface area (Å²) in [5.41, 5.74) is 1.01. The largest absolute Gasteiger partial charge is 0.384 e. The average molecular weight is 315 g/mol. The molecule has 1 aromatic heterocycles. The van der Waals surface area contributed by atoms with E-state index >= 15 is 0 Å². The lowest BCUT2D eigenvalue weighted by molar-refractivity contribution is 0.0526. The van der Waals surface area contributed by atoms with Gasteiger partial charge in [-0.15, -0.1) is 0 Å². The second kappa shape index (κ2) is 6.96. The first-order chi connectivity index (χ1) is 10.8. The normalized spacial score (nSPS) is 13.8. The average Bonchev–Trinajstić information content (AvgIpc) is 2.98. The van der Waals surface area contributed by atoms with Crippen LogP contribution in [-0.2, 0) is 12.1 Å². The second-order valence-electron chi connectivity index (χ2n) is 6.26. The fourth-order valence-electron chi connectivity index (χ4n) is 2.45. The SMILES string of the molecule is CCn1cc(C(=O)NC[C@@](C)(O)c2ccccc2)c(C(C)C)n1. The van der Waals surface area contributed by atoms with E-state index in [2.05, 4.69) is 10.4 Å². The van der Waals surface area contributed by atoms with Gasteiger partial charge in [-0.1, -0.05) is 44.2 Å². The molecule has 0 bridgehead atoms. The van der Waals surface area contributed by atoms with Crippen LogP contribution in [0, 0.1) is 0 Å². The van der Waals surface area contributed by atoms with E-state index in [1.54, 1.807) is 17.8 Å². The topological polar surface area (TPSA) is 67.2 Å². The Morgan fingerprint density at radius 1 is 1.35 bits per heavy atom. The van der Waals surface area contributed by atoms with Crippen LogP contribution in [0.5, 0.6) is 0 Å². The minimum Gasteiger partial charge on any atom is -0.384 e. The second-order valence-corrected chi connectivity index (χ2v) is 6.26. The van der Waals surface area contributed by atoms with Gasteiger partial charge in [0.2, 0.25) is 0 Å². The molecule has 0 radical (unpaired) electrons. The van der Waals surface area contributed by atoms with Gasteiger partial charge in [0.15, 0.2) is 0 Å². The molecule has 1 atom stereocenters. The van der Waals surface area contributed by atoms with Gasteiger partial charge in [-0.2, -0.15) is 5.10 Å². The smallest absolute Gasteiger partial charge is 0.254 e. The standard InChI is InChI=1S/C18H25N3O2/c1-5-21-11-15(16(20-21)13(2)3)17(22)19-12-18(4,23)14-9-7-6-8-10-14/h6-11,13,23H,5,12H2,1-4H3,(H,19,22)/t18-/m1/s1. The molecule has 1 aromatic carbocycles. The van der Waals surface area contributed by atoms with Crippen molar-refractivity contribution < 1.29 is 9.90 Å². The Morgan fingerprint density at radius 2 is 2.00 bits per heavy atom. The third kappa shape index (κ3) is 3.99. The molecule has 23 heavy (non-hydrogen) atoms. The van der Waals surface area contributed by atoms with Gasteiger partial charge in [-0.25, -0.2) is 0 Å². The van der Waals surface area contributed by atoms with Crippen molar-refractivity contribution in [3.05, 3.63) is 53.3 Å². The maximum absolute atomic E-state index is 12.5. The van der Waals surface area contributed by atoms with Gasteiger partial charge in [-0.3, -0.25) is 9.48 Å². The van der Waals surface area contributed by atoms with Crippen LogP contribution in [0.4, 0.5) is 0 Å².